The number of anilines is 1. The maximum absolute atomic E-state index is 9.01. The molecule has 0 unspecified atom stereocenters. The third-order valence-electron chi connectivity index (χ3n) is 2.57. The van der Waals surface area contributed by atoms with Gasteiger partial charge in [-0.25, -0.2) is 4.98 Å². The first-order chi connectivity index (χ1) is 9.33. The first-order valence-electron chi connectivity index (χ1n) is 6.00. The van der Waals surface area contributed by atoms with E-state index in [1.807, 2.05) is 36.4 Å². The molecule has 2 rings (SSSR count). The van der Waals surface area contributed by atoms with Crippen molar-refractivity contribution in [2.75, 3.05) is 25.6 Å². The van der Waals surface area contributed by atoms with Crippen LogP contribution in [-0.2, 0) is 11.2 Å². The van der Waals surface area contributed by atoms with Gasteiger partial charge in [-0.15, -0.1) is 0 Å². The minimum absolute atomic E-state index is 0.280. The van der Waals surface area contributed by atoms with E-state index in [-0.39, 0.29) is 5.69 Å². The fraction of sp³-hybridized carbons (Fsp3) is 0.286. The molecule has 0 spiro atoms. The van der Waals surface area contributed by atoms with E-state index in [2.05, 4.69) is 10.3 Å². The van der Waals surface area contributed by atoms with Crippen molar-refractivity contribution in [2.45, 2.75) is 6.42 Å². The lowest BCUT2D eigenvalue weighted by atomic mass is 10.1. The van der Waals surface area contributed by atoms with Gasteiger partial charge in [0.15, 0.2) is 0 Å². The summed E-state index contributed by atoms with van der Waals surface area (Å²) in [6.45, 7) is 1.12. The molecule has 0 aliphatic carbocycles. The first kappa shape index (κ1) is 13.1. The number of benzene rings is 1. The Morgan fingerprint density at radius 3 is 2.84 bits per heavy atom. The van der Waals surface area contributed by atoms with Crippen molar-refractivity contribution in [1.82, 2.24) is 4.98 Å². The second-order valence-corrected chi connectivity index (χ2v) is 3.98. The SMILES string of the molecule is COCCNc1oc(Cc2ccccc2)nc1C#N. The molecule has 0 atom stereocenters. The van der Waals surface area contributed by atoms with Gasteiger partial charge in [-0.3, -0.25) is 0 Å². The van der Waals surface area contributed by atoms with Crippen LogP contribution in [0.1, 0.15) is 17.1 Å². The van der Waals surface area contributed by atoms with Crippen LogP contribution < -0.4 is 5.32 Å². The minimum atomic E-state index is 0.280. The molecular formula is C14H15N3O2. The van der Waals surface area contributed by atoms with Crippen LogP contribution in [0.25, 0.3) is 0 Å². The van der Waals surface area contributed by atoms with Gasteiger partial charge in [0.05, 0.1) is 6.61 Å². The van der Waals surface area contributed by atoms with Crippen LogP contribution in [0.5, 0.6) is 0 Å². The van der Waals surface area contributed by atoms with Crippen LogP contribution in [0.15, 0.2) is 34.7 Å². The maximum atomic E-state index is 9.01. The number of nitrogens with zero attached hydrogens (tertiary/aromatic N) is 2. The predicted molar refractivity (Wildman–Crippen MR) is 70.8 cm³/mol. The number of hydrogen-bond acceptors (Lipinski definition) is 5. The lowest BCUT2D eigenvalue weighted by Gasteiger charge is -2.00. The van der Waals surface area contributed by atoms with E-state index in [1.54, 1.807) is 7.11 Å². The molecule has 19 heavy (non-hydrogen) atoms. The van der Waals surface area contributed by atoms with Crippen LogP contribution in [0.4, 0.5) is 5.88 Å². The molecule has 5 nitrogen and oxygen atoms in total. The van der Waals surface area contributed by atoms with Crippen molar-refractivity contribution in [2.24, 2.45) is 0 Å². The molecule has 0 saturated carbocycles. The molecule has 1 heterocycles. The third-order valence-corrected chi connectivity index (χ3v) is 2.57. The summed E-state index contributed by atoms with van der Waals surface area (Å²) in [5, 5.41) is 12.0. The molecule has 98 valence electrons. The Bertz CT molecular complexity index is 558. The summed E-state index contributed by atoms with van der Waals surface area (Å²) in [7, 11) is 1.62. The Hall–Kier alpha value is -2.32. The maximum Gasteiger partial charge on any atom is 0.232 e. The highest BCUT2D eigenvalue weighted by Gasteiger charge is 2.12. The third kappa shape index (κ3) is 3.57. The van der Waals surface area contributed by atoms with Gasteiger partial charge in [-0.1, -0.05) is 30.3 Å². The lowest BCUT2D eigenvalue weighted by Crippen LogP contribution is -2.07. The van der Waals surface area contributed by atoms with Gasteiger partial charge in [0.1, 0.15) is 6.07 Å². The number of rotatable bonds is 6. The van der Waals surface area contributed by atoms with Gasteiger partial charge in [-0.05, 0) is 5.56 Å². The average molecular weight is 257 g/mol. The lowest BCUT2D eigenvalue weighted by molar-refractivity contribution is 0.210. The van der Waals surface area contributed by atoms with E-state index in [1.165, 1.54) is 0 Å². The number of hydrogen-bond donors (Lipinski definition) is 1. The van der Waals surface area contributed by atoms with Gasteiger partial charge in [0.25, 0.3) is 0 Å². The largest absolute Gasteiger partial charge is 0.423 e. The number of ether oxygens (including phenoxy) is 1. The van der Waals surface area contributed by atoms with Crippen molar-refractivity contribution in [3.63, 3.8) is 0 Å². The molecule has 0 amide bonds. The number of nitrogens with one attached hydrogen (secondary N) is 1. The zero-order chi connectivity index (χ0) is 13.5. The van der Waals surface area contributed by atoms with Crippen molar-refractivity contribution in [3.05, 3.63) is 47.5 Å². The molecule has 2 aromatic rings. The summed E-state index contributed by atoms with van der Waals surface area (Å²) in [4.78, 5) is 4.17. The van der Waals surface area contributed by atoms with Crippen LogP contribution in [0.2, 0.25) is 0 Å². The fourth-order valence-corrected chi connectivity index (χ4v) is 1.67. The quantitative estimate of drug-likeness (QED) is 0.803. The Morgan fingerprint density at radius 2 is 2.16 bits per heavy atom. The van der Waals surface area contributed by atoms with E-state index >= 15 is 0 Å². The number of methoxy groups -OCH3 is 1. The Kier molecular flexibility index (Phi) is 4.54. The molecule has 0 radical (unpaired) electrons. The van der Waals surface area contributed by atoms with Crippen molar-refractivity contribution >= 4 is 5.88 Å². The molecule has 1 aromatic carbocycles. The van der Waals surface area contributed by atoms with Crippen molar-refractivity contribution in [1.29, 1.82) is 5.26 Å². The summed E-state index contributed by atoms with van der Waals surface area (Å²) < 4.78 is 10.5. The molecular weight excluding hydrogens is 242 g/mol. The summed E-state index contributed by atoms with van der Waals surface area (Å²) in [6, 6.07) is 11.9. The van der Waals surface area contributed by atoms with Crippen molar-refractivity contribution < 1.29 is 9.15 Å². The van der Waals surface area contributed by atoms with Gasteiger partial charge < -0.3 is 14.5 Å². The highest BCUT2D eigenvalue weighted by molar-refractivity contribution is 5.45. The molecule has 1 N–H and O–H groups in total. The molecule has 0 aliphatic rings. The van der Waals surface area contributed by atoms with E-state index in [9.17, 15) is 0 Å². The zero-order valence-corrected chi connectivity index (χ0v) is 10.7. The summed E-state index contributed by atoms with van der Waals surface area (Å²) in [5.74, 6) is 0.938. The van der Waals surface area contributed by atoms with Crippen LogP contribution in [-0.4, -0.2) is 25.2 Å². The van der Waals surface area contributed by atoms with Gasteiger partial charge in [0.2, 0.25) is 17.5 Å². The normalized spacial score (nSPS) is 10.1. The predicted octanol–water partition coefficient (Wildman–Crippen LogP) is 2.20. The van der Waals surface area contributed by atoms with E-state index < -0.39 is 0 Å². The van der Waals surface area contributed by atoms with Gasteiger partial charge in [-0.2, -0.15) is 5.26 Å². The number of nitriles is 1. The fourth-order valence-electron chi connectivity index (χ4n) is 1.67. The molecule has 1 aromatic heterocycles. The number of oxazole rings is 1. The standard InChI is InChI=1S/C14H15N3O2/c1-18-8-7-16-14-12(10-15)17-13(19-14)9-11-5-3-2-4-6-11/h2-6,16H,7-9H2,1H3. The van der Waals surface area contributed by atoms with E-state index in [4.69, 9.17) is 14.4 Å². The summed E-state index contributed by atoms with van der Waals surface area (Å²) in [5.41, 5.74) is 1.37. The highest BCUT2D eigenvalue weighted by atomic mass is 16.5. The molecule has 0 aliphatic heterocycles. The van der Waals surface area contributed by atoms with Gasteiger partial charge in [0, 0.05) is 20.1 Å². The van der Waals surface area contributed by atoms with E-state index in [0.717, 1.165) is 5.56 Å². The first-order valence-corrected chi connectivity index (χ1v) is 6.00. The summed E-state index contributed by atoms with van der Waals surface area (Å²) in [6.07, 6.45) is 0.571. The van der Waals surface area contributed by atoms with Crippen LogP contribution in [0.3, 0.4) is 0 Å². The van der Waals surface area contributed by atoms with Crippen LogP contribution in [0, 0.1) is 11.3 Å². The Labute approximate surface area is 111 Å². The topological polar surface area (TPSA) is 71.1 Å². The Morgan fingerprint density at radius 1 is 1.37 bits per heavy atom. The van der Waals surface area contributed by atoms with Crippen LogP contribution >= 0.6 is 0 Å². The minimum Gasteiger partial charge on any atom is -0.423 e. The molecule has 0 saturated heterocycles. The number of aromatic nitrogens is 1. The van der Waals surface area contributed by atoms with E-state index in [0.29, 0.717) is 31.3 Å². The monoisotopic (exact) mass is 257 g/mol. The van der Waals surface area contributed by atoms with Crippen molar-refractivity contribution in [3.8, 4) is 6.07 Å². The molecule has 0 fully saturated rings. The summed E-state index contributed by atoms with van der Waals surface area (Å²) >= 11 is 0. The second-order valence-electron chi connectivity index (χ2n) is 3.98. The smallest absolute Gasteiger partial charge is 0.232 e. The zero-order valence-electron chi connectivity index (χ0n) is 10.7. The highest BCUT2D eigenvalue weighted by Crippen LogP contribution is 2.18. The second kappa shape index (κ2) is 6.57. The average Bonchev–Trinajstić information content (AvgIpc) is 2.82. The van der Waals surface area contributed by atoms with Gasteiger partial charge >= 0.3 is 0 Å². The molecule has 5 heteroatoms. The molecule has 0 bridgehead atoms. The Balaban J connectivity index is 2.08.